The Morgan fingerprint density at radius 3 is 2.45 bits per heavy atom. The fourth-order valence-electron chi connectivity index (χ4n) is 3.38. The number of alkyl halides is 3. The van der Waals surface area contributed by atoms with Gasteiger partial charge >= 0.3 is 6.18 Å². The van der Waals surface area contributed by atoms with Crippen LogP contribution in [0, 0.1) is 0 Å². The van der Waals surface area contributed by atoms with Gasteiger partial charge in [-0.2, -0.15) is 22.6 Å². The molecule has 1 atom stereocenters. The van der Waals surface area contributed by atoms with Crippen molar-refractivity contribution < 1.29 is 30.0 Å². The Kier molecular flexibility index (Phi) is 5.56. The number of fused-ring (bicyclic) bond motifs is 1. The Morgan fingerprint density at radius 1 is 1.17 bits per heavy atom. The van der Waals surface area contributed by atoms with Gasteiger partial charge in [-0.3, -0.25) is 5.10 Å². The highest BCUT2D eigenvalue weighted by Crippen LogP contribution is 2.38. The first kappa shape index (κ1) is 21.8. The topological polar surface area (TPSA) is 100 Å². The Labute approximate surface area is 166 Å². The van der Waals surface area contributed by atoms with Crippen molar-refractivity contribution in [3.63, 3.8) is 0 Å². The van der Waals surface area contributed by atoms with Gasteiger partial charge in [-0.15, -0.1) is 0 Å². The van der Waals surface area contributed by atoms with Gasteiger partial charge in [-0.05, 0) is 37.5 Å². The van der Waals surface area contributed by atoms with E-state index >= 15 is 0 Å². The number of benzene rings is 1. The summed E-state index contributed by atoms with van der Waals surface area (Å²) >= 11 is 0. The fourth-order valence-corrected chi connectivity index (χ4v) is 5.84. The van der Waals surface area contributed by atoms with E-state index in [0.717, 1.165) is 16.1 Å². The molecule has 0 saturated carbocycles. The van der Waals surface area contributed by atoms with Gasteiger partial charge in [0, 0.05) is 18.3 Å². The highest BCUT2D eigenvalue weighted by atomic mass is 32.2. The van der Waals surface area contributed by atoms with E-state index in [1.165, 1.54) is 20.2 Å². The SMILES string of the molecule is CCS(=O)(=O)c1cc(C(F)(F)F)cc(S(=O)(=O)N(C)[C@@H]2CCCc3[nH]ncc32)c1. The van der Waals surface area contributed by atoms with Crippen molar-refractivity contribution in [1.29, 1.82) is 0 Å². The number of rotatable bonds is 5. The molecule has 0 spiro atoms. The average molecular weight is 451 g/mol. The Morgan fingerprint density at radius 2 is 1.83 bits per heavy atom. The minimum absolute atomic E-state index is 0.454. The van der Waals surface area contributed by atoms with Crippen molar-refractivity contribution in [2.24, 2.45) is 0 Å². The largest absolute Gasteiger partial charge is 0.416 e. The molecule has 1 aromatic heterocycles. The van der Waals surface area contributed by atoms with Crippen LogP contribution in [0.15, 0.2) is 34.2 Å². The lowest BCUT2D eigenvalue weighted by atomic mass is 9.93. The van der Waals surface area contributed by atoms with Crippen LogP contribution in [-0.4, -0.2) is 44.1 Å². The van der Waals surface area contributed by atoms with E-state index in [-0.39, 0.29) is 0 Å². The number of aromatic amines is 1. The van der Waals surface area contributed by atoms with Gasteiger partial charge in [0.25, 0.3) is 0 Å². The number of hydrogen-bond acceptors (Lipinski definition) is 5. The molecular weight excluding hydrogens is 431 g/mol. The molecular formula is C17H20F3N3O4S2. The van der Waals surface area contributed by atoms with E-state index in [1.807, 2.05) is 0 Å². The predicted octanol–water partition coefficient (Wildman–Crippen LogP) is 2.92. The first-order chi connectivity index (χ1) is 13.4. The van der Waals surface area contributed by atoms with Crippen LogP contribution in [-0.2, 0) is 32.5 Å². The van der Waals surface area contributed by atoms with Crippen LogP contribution in [0.2, 0.25) is 0 Å². The van der Waals surface area contributed by atoms with E-state index in [2.05, 4.69) is 10.2 Å². The molecule has 1 aliphatic rings. The number of sulfone groups is 1. The van der Waals surface area contributed by atoms with Crippen LogP contribution in [0.1, 0.15) is 42.6 Å². The van der Waals surface area contributed by atoms with Gasteiger partial charge in [0.15, 0.2) is 9.84 Å². The Balaban J connectivity index is 2.13. The van der Waals surface area contributed by atoms with Crippen molar-refractivity contribution in [1.82, 2.24) is 14.5 Å². The molecule has 12 heteroatoms. The Hall–Kier alpha value is -1.92. The molecule has 1 aromatic carbocycles. The second-order valence-corrected chi connectivity index (χ2v) is 11.1. The molecule has 7 nitrogen and oxygen atoms in total. The molecule has 0 fully saturated rings. The first-order valence-electron chi connectivity index (χ1n) is 8.83. The van der Waals surface area contributed by atoms with Gasteiger partial charge in [0.2, 0.25) is 10.0 Å². The van der Waals surface area contributed by atoms with Crippen molar-refractivity contribution in [2.45, 2.75) is 48.2 Å². The maximum absolute atomic E-state index is 13.3. The molecule has 0 saturated heterocycles. The molecule has 3 rings (SSSR count). The molecule has 1 heterocycles. The van der Waals surface area contributed by atoms with Crippen LogP contribution in [0.25, 0.3) is 0 Å². The van der Waals surface area contributed by atoms with Crippen LogP contribution in [0.4, 0.5) is 13.2 Å². The van der Waals surface area contributed by atoms with E-state index in [4.69, 9.17) is 0 Å². The standard InChI is InChI=1S/C17H20F3N3O4S2/c1-3-28(24,25)12-7-11(17(18,19)20)8-13(9-12)29(26,27)23(2)16-6-4-5-15-14(16)10-21-22-15/h7-10,16H,3-6H2,1-2H3,(H,21,22)/t16-/m1/s1. The summed E-state index contributed by atoms with van der Waals surface area (Å²) in [4.78, 5) is -1.38. The normalized spacial score (nSPS) is 18.1. The van der Waals surface area contributed by atoms with E-state index < -0.39 is 53.2 Å². The van der Waals surface area contributed by atoms with Gasteiger partial charge in [0.05, 0.1) is 33.3 Å². The minimum Gasteiger partial charge on any atom is -0.282 e. The molecule has 0 unspecified atom stereocenters. The zero-order valence-electron chi connectivity index (χ0n) is 15.7. The fraction of sp³-hybridized carbons (Fsp3) is 0.471. The molecule has 2 aromatic rings. The summed E-state index contributed by atoms with van der Waals surface area (Å²) in [5.41, 5.74) is 0.115. The van der Waals surface area contributed by atoms with Crippen molar-refractivity contribution >= 4 is 19.9 Å². The van der Waals surface area contributed by atoms with Crippen LogP contribution < -0.4 is 0 Å². The highest BCUT2D eigenvalue weighted by molar-refractivity contribution is 7.91. The molecule has 1 aliphatic carbocycles. The maximum Gasteiger partial charge on any atom is 0.416 e. The van der Waals surface area contributed by atoms with Gasteiger partial charge < -0.3 is 0 Å². The number of halogens is 3. The van der Waals surface area contributed by atoms with E-state index in [1.54, 1.807) is 0 Å². The van der Waals surface area contributed by atoms with Crippen LogP contribution >= 0.6 is 0 Å². The number of H-pyrrole nitrogens is 1. The number of aromatic nitrogens is 2. The maximum atomic E-state index is 13.3. The lowest BCUT2D eigenvalue weighted by Gasteiger charge is -2.30. The summed E-state index contributed by atoms with van der Waals surface area (Å²) in [7, 11) is -7.18. The molecule has 1 N–H and O–H groups in total. The van der Waals surface area contributed by atoms with Crippen molar-refractivity contribution in [3.8, 4) is 0 Å². The second-order valence-electron chi connectivity index (χ2n) is 6.83. The summed E-state index contributed by atoms with van der Waals surface area (Å²) in [5, 5.41) is 6.72. The minimum atomic E-state index is -4.90. The monoisotopic (exact) mass is 451 g/mol. The average Bonchev–Trinajstić information content (AvgIpc) is 3.15. The number of aryl methyl sites for hydroxylation is 1. The molecule has 29 heavy (non-hydrogen) atoms. The summed E-state index contributed by atoms with van der Waals surface area (Å²) in [6.07, 6.45) is -1.55. The molecule has 0 radical (unpaired) electrons. The zero-order valence-corrected chi connectivity index (χ0v) is 17.3. The first-order valence-corrected chi connectivity index (χ1v) is 11.9. The van der Waals surface area contributed by atoms with Crippen molar-refractivity contribution in [2.75, 3.05) is 12.8 Å². The van der Waals surface area contributed by atoms with Crippen molar-refractivity contribution in [3.05, 3.63) is 41.2 Å². The summed E-state index contributed by atoms with van der Waals surface area (Å²) in [5.74, 6) is -0.454. The predicted molar refractivity (Wildman–Crippen MR) is 98.4 cm³/mol. The highest BCUT2D eigenvalue weighted by Gasteiger charge is 2.37. The molecule has 0 aliphatic heterocycles. The summed E-state index contributed by atoms with van der Waals surface area (Å²) in [6.45, 7) is 1.28. The third kappa shape index (κ3) is 4.05. The van der Waals surface area contributed by atoms with Gasteiger partial charge in [-0.1, -0.05) is 6.92 Å². The molecule has 160 valence electrons. The van der Waals surface area contributed by atoms with Crippen LogP contribution in [0.3, 0.4) is 0 Å². The lowest BCUT2D eigenvalue weighted by Crippen LogP contribution is -2.33. The molecule has 0 amide bonds. The molecule has 0 bridgehead atoms. The summed E-state index contributed by atoms with van der Waals surface area (Å²) < 4.78 is 91.6. The third-order valence-electron chi connectivity index (χ3n) is 5.08. The summed E-state index contributed by atoms with van der Waals surface area (Å²) in [6, 6.07) is 1.12. The van der Waals surface area contributed by atoms with Gasteiger partial charge in [0.1, 0.15) is 0 Å². The van der Waals surface area contributed by atoms with E-state index in [9.17, 15) is 30.0 Å². The smallest absolute Gasteiger partial charge is 0.282 e. The number of nitrogens with one attached hydrogen (secondary N) is 1. The third-order valence-corrected chi connectivity index (χ3v) is 8.64. The van der Waals surface area contributed by atoms with E-state index in [0.29, 0.717) is 37.0 Å². The van der Waals surface area contributed by atoms with Crippen LogP contribution in [0.5, 0.6) is 0 Å². The van der Waals surface area contributed by atoms with Gasteiger partial charge in [-0.25, -0.2) is 16.8 Å². The second kappa shape index (κ2) is 7.40. The lowest BCUT2D eigenvalue weighted by molar-refractivity contribution is -0.137. The zero-order chi connectivity index (χ0) is 21.6. The number of nitrogens with zero attached hydrogens (tertiary/aromatic N) is 2. The number of hydrogen-bond donors (Lipinski definition) is 1. The number of sulfonamides is 1. The quantitative estimate of drug-likeness (QED) is 0.754. The Bertz CT molecular complexity index is 1130.